The molecule has 29 heavy (non-hydrogen) atoms. The Morgan fingerprint density at radius 2 is 2.10 bits per heavy atom. The predicted molar refractivity (Wildman–Crippen MR) is 105 cm³/mol. The number of nitrogens with one attached hydrogen (secondary N) is 3. The Balaban J connectivity index is 1.67. The minimum absolute atomic E-state index is 0.0139. The van der Waals surface area contributed by atoms with Crippen molar-refractivity contribution >= 4 is 17.8 Å². The standard InChI is InChI=1S/C19H28N6O4/c1-4-15-14(18(28)20-7-12-5-16(26)22-10-21-12)6-13-8-24(9-17(27)25(13)15)19(29)23-11(2)3/h5,10-11,13-15H,4,6-9H2,1-3H3,(H,20,28)(H,23,29)(H,21,22,26)/t13-,14-,15-/m0/s1. The molecule has 0 saturated carbocycles. The molecule has 158 valence electrons. The van der Waals surface area contributed by atoms with Crippen LogP contribution in [0.25, 0.3) is 0 Å². The van der Waals surface area contributed by atoms with E-state index in [1.165, 1.54) is 17.3 Å². The molecular formula is C19H28N6O4. The van der Waals surface area contributed by atoms with Gasteiger partial charge in [-0.25, -0.2) is 9.78 Å². The molecule has 2 saturated heterocycles. The fourth-order valence-electron chi connectivity index (χ4n) is 4.21. The van der Waals surface area contributed by atoms with Crippen molar-refractivity contribution < 1.29 is 14.4 Å². The highest BCUT2D eigenvalue weighted by Crippen LogP contribution is 2.35. The van der Waals surface area contributed by atoms with Crippen LogP contribution in [0.3, 0.4) is 0 Å². The maximum absolute atomic E-state index is 12.8. The van der Waals surface area contributed by atoms with E-state index in [1.54, 1.807) is 4.90 Å². The van der Waals surface area contributed by atoms with Crippen LogP contribution in [0.2, 0.25) is 0 Å². The fraction of sp³-hybridized carbons (Fsp3) is 0.632. The lowest BCUT2D eigenvalue weighted by atomic mass is 9.96. The zero-order valence-electron chi connectivity index (χ0n) is 17.0. The van der Waals surface area contributed by atoms with Gasteiger partial charge in [-0.3, -0.25) is 14.4 Å². The summed E-state index contributed by atoms with van der Waals surface area (Å²) in [5, 5.41) is 5.65. The van der Waals surface area contributed by atoms with Crippen molar-refractivity contribution in [3.63, 3.8) is 0 Å². The molecule has 1 aromatic rings. The molecule has 2 aliphatic heterocycles. The lowest BCUT2D eigenvalue weighted by Gasteiger charge is -2.39. The fourth-order valence-corrected chi connectivity index (χ4v) is 4.21. The number of carbonyl (C=O) groups excluding carboxylic acids is 3. The number of hydrogen-bond acceptors (Lipinski definition) is 5. The topological polar surface area (TPSA) is 127 Å². The van der Waals surface area contributed by atoms with Crippen molar-refractivity contribution in [1.29, 1.82) is 0 Å². The van der Waals surface area contributed by atoms with Crippen molar-refractivity contribution in [3.8, 4) is 0 Å². The number of carbonyl (C=O) groups is 3. The summed E-state index contributed by atoms with van der Waals surface area (Å²) in [7, 11) is 0. The van der Waals surface area contributed by atoms with Gasteiger partial charge < -0.3 is 25.4 Å². The molecule has 3 heterocycles. The molecule has 0 radical (unpaired) electrons. The van der Waals surface area contributed by atoms with E-state index in [4.69, 9.17) is 0 Å². The van der Waals surface area contributed by atoms with Gasteiger partial charge in [0.2, 0.25) is 11.8 Å². The highest BCUT2D eigenvalue weighted by Gasteiger charge is 2.49. The SMILES string of the molecule is CC[C@H]1[C@@H](C(=O)NCc2cc(=O)[nH]cn2)C[C@H]2CN(C(=O)NC(C)C)CC(=O)N21. The summed E-state index contributed by atoms with van der Waals surface area (Å²) in [6, 6.07) is 0.696. The molecule has 10 heteroatoms. The molecule has 0 unspecified atom stereocenters. The van der Waals surface area contributed by atoms with Gasteiger partial charge in [0.15, 0.2) is 0 Å². The number of piperazine rings is 1. The van der Waals surface area contributed by atoms with E-state index in [-0.39, 0.29) is 60.5 Å². The molecular weight excluding hydrogens is 376 g/mol. The van der Waals surface area contributed by atoms with Gasteiger partial charge in [0.05, 0.1) is 30.5 Å². The second-order valence-electron chi connectivity index (χ2n) is 7.88. The Morgan fingerprint density at radius 3 is 2.76 bits per heavy atom. The van der Waals surface area contributed by atoms with E-state index < -0.39 is 0 Å². The third-order valence-electron chi connectivity index (χ3n) is 5.42. The van der Waals surface area contributed by atoms with Gasteiger partial charge in [-0.2, -0.15) is 0 Å². The number of H-pyrrole nitrogens is 1. The van der Waals surface area contributed by atoms with Gasteiger partial charge in [-0.15, -0.1) is 0 Å². The quantitative estimate of drug-likeness (QED) is 0.627. The lowest BCUT2D eigenvalue weighted by molar-refractivity contribution is -0.139. The van der Waals surface area contributed by atoms with Gasteiger partial charge in [-0.1, -0.05) is 6.92 Å². The van der Waals surface area contributed by atoms with Gasteiger partial charge in [0.25, 0.3) is 5.56 Å². The Kier molecular flexibility index (Phi) is 6.19. The first-order chi connectivity index (χ1) is 13.8. The van der Waals surface area contributed by atoms with Crippen molar-refractivity contribution in [2.75, 3.05) is 13.1 Å². The maximum Gasteiger partial charge on any atom is 0.318 e. The number of urea groups is 1. The molecule has 4 amide bonds. The average Bonchev–Trinajstić information content (AvgIpc) is 3.05. The molecule has 3 atom stereocenters. The summed E-state index contributed by atoms with van der Waals surface area (Å²) in [4.78, 5) is 59.0. The second kappa shape index (κ2) is 8.62. The van der Waals surface area contributed by atoms with Crippen LogP contribution in [0.4, 0.5) is 4.79 Å². The monoisotopic (exact) mass is 404 g/mol. The van der Waals surface area contributed by atoms with E-state index in [0.717, 1.165) is 0 Å². The molecule has 0 bridgehead atoms. The molecule has 1 aromatic heterocycles. The maximum atomic E-state index is 12.8. The highest BCUT2D eigenvalue weighted by atomic mass is 16.2. The highest BCUT2D eigenvalue weighted by molar-refractivity contribution is 5.88. The summed E-state index contributed by atoms with van der Waals surface area (Å²) >= 11 is 0. The number of amides is 4. The Bertz CT molecular complexity index is 838. The number of aromatic amines is 1. The zero-order valence-corrected chi connectivity index (χ0v) is 17.0. The van der Waals surface area contributed by atoms with Crippen molar-refractivity contribution in [3.05, 3.63) is 28.4 Å². The van der Waals surface area contributed by atoms with E-state index in [0.29, 0.717) is 25.1 Å². The summed E-state index contributed by atoms with van der Waals surface area (Å²) in [6.45, 7) is 6.29. The van der Waals surface area contributed by atoms with Crippen LogP contribution in [0.5, 0.6) is 0 Å². The van der Waals surface area contributed by atoms with Crippen LogP contribution in [-0.4, -0.2) is 68.8 Å². The number of nitrogens with zero attached hydrogens (tertiary/aromatic N) is 3. The van der Waals surface area contributed by atoms with E-state index >= 15 is 0 Å². The Morgan fingerprint density at radius 1 is 1.34 bits per heavy atom. The summed E-state index contributed by atoms with van der Waals surface area (Å²) in [5.74, 6) is -0.651. The van der Waals surface area contributed by atoms with Gasteiger partial charge >= 0.3 is 6.03 Å². The van der Waals surface area contributed by atoms with Crippen LogP contribution in [0.1, 0.15) is 39.3 Å². The minimum Gasteiger partial charge on any atom is -0.350 e. The molecule has 3 rings (SSSR count). The first kappa shape index (κ1) is 20.8. The smallest absolute Gasteiger partial charge is 0.318 e. The number of hydrogen-bond donors (Lipinski definition) is 3. The molecule has 3 N–H and O–H groups in total. The first-order valence-electron chi connectivity index (χ1n) is 9.98. The van der Waals surface area contributed by atoms with Crippen LogP contribution in [0.15, 0.2) is 17.2 Å². The van der Waals surface area contributed by atoms with Crippen LogP contribution >= 0.6 is 0 Å². The predicted octanol–water partition coefficient (Wildman–Crippen LogP) is -0.185. The van der Waals surface area contributed by atoms with Crippen molar-refractivity contribution in [1.82, 2.24) is 30.4 Å². The second-order valence-corrected chi connectivity index (χ2v) is 7.88. The molecule has 0 spiro atoms. The molecule has 0 aromatic carbocycles. The van der Waals surface area contributed by atoms with Crippen molar-refractivity contribution in [2.45, 2.75) is 58.3 Å². The van der Waals surface area contributed by atoms with E-state index in [9.17, 15) is 19.2 Å². The number of rotatable bonds is 5. The minimum atomic E-state index is -0.357. The van der Waals surface area contributed by atoms with Gasteiger partial charge in [-0.05, 0) is 26.7 Å². The summed E-state index contributed by atoms with van der Waals surface area (Å²) < 4.78 is 0. The van der Waals surface area contributed by atoms with Crippen LogP contribution in [-0.2, 0) is 16.1 Å². The normalized spacial score (nSPS) is 23.9. The Labute approximate surface area is 169 Å². The summed E-state index contributed by atoms with van der Waals surface area (Å²) in [5.41, 5.74) is 0.192. The van der Waals surface area contributed by atoms with E-state index in [1.807, 2.05) is 20.8 Å². The number of aromatic nitrogens is 2. The average molecular weight is 404 g/mol. The van der Waals surface area contributed by atoms with E-state index in [2.05, 4.69) is 20.6 Å². The third kappa shape index (κ3) is 4.57. The lowest BCUT2D eigenvalue weighted by Crippen LogP contribution is -2.59. The third-order valence-corrected chi connectivity index (χ3v) is 5.42. The molecule has 0 aliphatic carbocycles. The summed E-state index contributed by atoms with van der Waals surface area (Å²) in [6.07, 6.45) is 2.45. The van der Waals surface area contributed by atoms with Crippen molar-refractivity contribution in [2.24, 2.45) is 5.92 Å². The van der Waals surface area contributed by atoms with Crippen LogP contribution < -0.4 is 16.2 Å². The largest absolute Gasteiger partial charge is 0.350 e. The van der Waals surface area contributed by atoms with Gasteiger partial charge in [0, 0.05) is 24.7 Å². The van der Waals surface area contributed by atoms with Gasteiger partial charge in [0.1, 0.15) is 6.54 Å². The Hall–Kier alpha value is -2.91. The number of fused-ring (bicyclic) bond motifs is 1. The first-order valence-corrected chi connectivity index (χ1v) is 9.98. The zero-order chi connectivity index (χ0) is 21.1. The molecule has 2 fully saturated rings. The molecule has 2 aliphatic rings. The van der Waals surface area contributed by atoms with Crippen LogP contribution in [0, 0.1) is 5.92 Å². The molecule has 10 nitrogen and oxygen atoms in total.